The van der Waals surface area contributed by atoms with Gasteiger partial charge in [0.1, 0.15) is 10.6 Å². The molecule has 0 saturated carbocycles. The van der Waals surface area contributed by atoms with Gasteiger partial charge in [0.05, 0.1) is 16.9 Å². The number of methoxy groups -OCH3 is 1. The van der Waals surface area contributed by atoms with Crippen LogP contribution in [0.15, 0.2) is 27.4 Å². The first kappa shape index (κ1) is 16.9. The van der Waals surface area contributed by atoms with E-state index in [0.29, 0.717) is 22.6 Å². The number of hydrogen-bond donors (Lipinski definition) is 0. The summed E-state index contributed by atoms with van der Waals surface area (Å²) >= 11 is 4.06. The van der Waals surface area contributed by atoms with Crippen molar-refractivity contribution in [3.63, 3.8) is 0 Å². The maximum absolute atomic E-state index is 12.5. The molecule has 0 saturated heterocycles. The Labute approximate surface area is 140 Å². The molecule has 0 spiro atoms. The van der Waals surface area contributed by atoms with E-state index in [1.54, 1.807) is 18.2 Å². The van der Waals surface area contributed by atoms with Gasteiger partial charge in [0, 0.05) is 0 Å². The zero-order valence-electron chi connectivity index (χ0n) is 12.1. The molecule has 0 aliphatic rings. The van der Waals surface area contributed by atoms with Crippen LogP contribution in [0.2, 0.25) is 0 Å². The smallest absolute Gasteiger partial charge is 0.348 e. The zero-order valence-corrected chi connectivity index (χ0v) is 14.6. The Bertz CT molecular complexity index is 678. The number of aldehydes is 1. The van der Waals surface area contributed by atoms with Crippen molar-refractivity contribution in [1.29, 1.82) is 0 Å². The fourth-order valence-electron chi connectivity index (χ4n) is 1.75. The molecule has 5 nitrogen and oxygen atoms in total. The van der Waals surface area contributed by atoms with Gasteiger partial charge in [-0.1, -0.05) is 6.07 Å². The second-order valence-corrected chi connectivity index (χ2v) is 6.59. The third-order valence-electron chi connectivity index (χ3n) is 2.76. The summed E-state index contributed by atoms with van der Waals surface area (Å²) < 4.78 is 15.6. The molecule has 0 bridgehead atoms. The van der Waals surface area contributed by atoms with Gasteiger partial charge in [-0.05, 0) is 36.2 Å². The molecule has 2 aromatic rings. The minimum atomic E-state index is -0.546. The van der Waals surface area contributed by atoms with Crippen LogP contribution in [0.4, 0.5) is 0 Å². The normalized spacial score (nSPS) is 10.3. The maximum atomic E-state index is 12.5. The average Bonchev–Trinajstić information content (AvgIpc) is 2.98. The number of thioether (sulfide) groups is 2. The topological polar surface area (TPSA) is 65.5 Å². The van der Waals surface area contributed by atoms with Crippen LogP contribution in [0, 0.1) is 0 Å². The second kappa shape index (κ2) is 7.66. The molecule has 1 heterocycles. The Morgan fingerprint density at radius 2 is 2.09 bits per heavy atom. The van der Waals surface area contributed by atoms with Crippen LogP contribution in [-0.4, -0.2) is 36.3 Å². The minimum absolute atomic E-state index is 0.121. The standard InChI is InChI=1S/C14H13NO4S3/c1-18-9-6-4-5-8(7-16)11(9)19-13(17)10-12(20-2)15-22-14(10)21-3/h4-7H,1-3H3. The Morgan fingerprint density at radius 3 is 2.68 bits per heavy atom. The van der Waals surface area contributed by atoms with E-state index >= 15 is 0 Å². The van der Waals surface area contributed by atoms with Gasteiger partial charge in [-0.15, -0.1) is 23.5 Å². The quantitative estimate of drug-likeness (QED) is 0.339. The zero-order chi connectivity index (χ0) is 16.1. The van der Waals surface area contributed by atoms with Crippen molar-refractivity contribution in [2.75, 3.05) is 19.6 Å². The molecular formula is C14H13NO4S3. The molecule has 22 heavy (non-hydrogen) atoms. The molecule has 1 aromatic heterocycles. The van der Waals surface area contributed by atoms with E-state index < -0.39 is 5.97 Å². The van der Waals surface area contributed by atoms with Gasteiger partial charge in [0.25, 0.3) is 0 Å². The fourth-order valence-corrected chi connectivity index (χ4v) is 4.00. The van der Waals surface area contributed by atoms with Gasteiger partial charge in [0.2, 0.25) is 0 Å². The Hall–Kier alpha value is -1.51. The van der Waals surface area contributed by atoms with E-state index in [1.807, 2.05) is 12.5 Å². The monoisotopic (exact) mass is 355 g/mol. The van der Waals surface area contributed by atoms with Crippen LogP contribution in [0.25, 0.3) is 0 Å². The van der Waals surface area contributed by atoms with Crippen molar-refractivity contribution in [1.82, 2.24) is 4.37 Å². The van der Waals surface area contributed by atoms with Crippen molar-refractivity contribution >= 4 is 47.3 Å². The van der Waals surface area contributed by atoms with Gasteiger partial charge >= 0.3 is 5.97 Å². The lowest BCUT2D eigenvalue weighted by atomic mass is 10.2. The SMILES string of the molecule is COc1cccc(C=O)c1OC(=O)c1c(SC)nsc1SC. The first-order chi connectivity index (χ1) is 10.7. The summed E-state index contributed by atoms with van der Waals surface area (Å²) in [6.45, 7) is 0. The van der Waals surface area contributed by atoms with Crippen molar-refractivity contribution in [3.05, 3.63) is 29.3 Å². The molecule has 0 aliphatic carbocycles. The van der Waals surface area contributed by atoms with Crippen LogP contribution in [-0.2, 0) is 0 Å². The lowest BCUT2D eigenvalue weighted by Crippen LogP contribution is -2.12. The van der Waals surface area contributed by atoms with E-state index in [9.17, 15) is 9.59 Å². The molecule has 0 atom stereocenters. The molecule has 0 aliphatic heterocycles. The van der Waals surface area contributed by atoms with E-state index in [0.717, 1.165) is 4.21 Å². The number of rotatable bonds is 6. The third kappa shape index (κ3) is 3.29. The lowest BCUT2D eigenvalue weighted by Gasteiger charge is -2.11. The molecule has 0 N–H and O–H groups in total. The number of benzene rings is 1. The largest absolute Gasteiger partial charge is 0.493 e. The second-order valence-electron chi connectivity index (χ2n) is 3.94. The van der Waals surface area contributed by atoms with Crippen LogP contribution in [0.5, 0.6) is 11.5 Å². The minimum Gasteiger partial charge on any atom is -0.493 e. The van der Waals surface area contributed by atoms with Crippen molar-refractivity contribution in [2.24, 2.45) is 0 Å². The Morgan fingerprint density at radius 1 is 1.32 bits per heavy atom. The summed E-state index contributed by atoms with van der Waals surface area (Å²) in [6, 6.07) is 4.86. The predicted octanol–water partition coefficient (Wildman–Crippen LogP) is 3.63. The molecular weight excluding hydrogens is 342 g/mol. The number of carbonyl (C=O) groups is 2. The molecule has 8 heteroatoms. The van der Waals surface area contributed by atoms with E-state index in [-0.39, 0.29) is 11.3 Å². The van der Waals surface area contributed by atoms with Crippen molar-refractivity contribution in [2.45, 2.75) is 9.24 Å². The number of para-hydroxylation sites is 1. The number of esters is 1. The molecule has 2 rings (SSSR count). The van der Waals surface area contributed by atoms with E-state index in [4.69, 9.17) is 9.47 Å². The average molecular weight is 355 g/mol. The van der Waals surface area contributed by atoms with Gasteiger partial charge in [0.15, 0.2) is 17.8 Å². The highest BCUT2D eigenvalue weighted by Crippen LogP contribution is 2.36. The molecule has 0 fully saturated rings. The highest BCUT2D eigenvalue weighted by atomic mass is 32.2. The number of nitrogens with zero attached hydrogens (tertiary/aromatic N) is 1. The summed E-state index contributed by atoms with van der Waals surface area (Å²) in [6.07, 6.45) is 4.34. The summed E-state index contributed by atoms with van der Waals surface area (Å²) in [5.41, 5.74) is 0.681. The molecule has 0 radical (unpaired) electrons. The lowest BCUT2D eigenvalue weighted by molar-refractivity contribution is 0.0721. The van der Waals surface area contributed by atoms with E-state index in [1.165, 1.54) is 42.2 Å². The summed E-state index contributed by atoms with van der Waals surface area (Å²) in [7, 11) is 1.45. The molecule has 0 unspecified atom stereocenters. The van der Waals surface area contributed by atoms with Crippen LogP contribution >= 0.6 is 35.1 Å². The van der Waals surface area contributed by atoms with Crippen molar-refractivity contribution in [3.8, 4) is 11.5 Å². The molecule has 116 valence electrons. The Kier molecular flexibility index (Phi) is 5.87. The van der Waals surface area contributed by atoms with E-state index in [2.05, 4.69) is 4.37 Å². The van der Waals surface area contributed by atoms with Crippen LogP contribution < -0.4 is 9.47 Å². The molecule has 1 aromatic carbocycles. The first-order valence-electron chi connectivity index (χ1n) is 6.08. The molecule has 0 amide bonds. The van der Waals surface area contributed by atoms with Crippen LogP contribution in [0.1, 0.15) is 20.7 Å². The number of carbonyl (C=O) groups excluding carboxylic acids is 2. The van der Waals surface area contributed by atoms with Gasteiger partial charge < -0.3 is 9.47 Å². The first-order valence-corrected chi connectivity index (χ1v) is 9.30. The Balaban J connectivity index is 2.41. The van der Waals surface area contributed by atoms with Gasteiger partial charge in [-0.2, -0.15) is 4.37 Å². The van der Waals surface area contributed by atoms with Gasteiger partial charge in [-0.25, -0.2) is 4.79 Å². The summed E-state index contributed by atoms with van der Waals surface area (Å²) in [4.78, 5) is 23.7. The number of aromatic nitrogens is 1. The van der Waals surface area contributed by atoms with Crippen LogP contribution in [0.3, 0.4) is 0 Å². The maximum Gasteiger partial charge on any atom is 0.348 e. The third-order valence-corrected chi connectivity index (χ3v) is 5.50. The number of hydrogen-bond acceptors (Lipinski definition) is 8. The fraction of sp³-hybridized carbons (Fsp3) is 0.214. The summed E-state index contributed by atoms with van der Waals surface area (Å²) in [5, 5.41) is 0.613. The number of ether oxygens (including phenoxy) is 2. The van der Waals surface area contributed by atoms with Gasteiger partial charge in [-0.3, -0.25) is 4.79 Å². The van der Waals surface area contributed by atoms with Crippen molar-refractivity contribution < 1.29 is 19.1 Å². The summed E-state index contributed by atoms with van der Waals surface area (Å²) in [5.74, 6) is -0.0945. The highest BCUT2D eigenvalue weighted by molar-refractivity contribution is 8.01. The highest BCUT2D eigenvalue weighted by Gasteiger charge is 2.24. The predicted molar refractivity (Wildman–Crippen MR) is 89.0 cm³/mol.